The van der Waals surface area contributed by atoms with Gasteiger partial charge < -0.3 is 19.3 Å². The van der Waals surface area contributed by atoms with Crippen molar-refractivity contribution in [2.75, 3.05) is 39.8 Å². The van der Waals surface area contributed by atoms with Gasteiger partial charge in [-0.15, -0.1) is 0 Å². The van der Waals surface area contributed by atoms with E-state index in [4.69, 9.17) is 9.05 Å². The van der Waals surface area contributed by atoms with Gasteiger partial charge in [-0.25, -0.2) is 0 Å². The lowest BCUT2D eigenvalue weighted by molar-refractivity contribution is 0.169. The molecule has 1 aliphatic rings. The van der Waals surface area contributed by atoms with Crippen LogP contribution in [-0.4, -0.2) is 70.8 Å². The van der Waals surface area contributed by atoms with Gasteiger partial charge in [0, 0.05) is 64.7 Å². The Morgan fingerprint density at radius 2 is 2.07 bits per heavy atom. The molecule has 2 aromatic rings. The van der Waals surface area contributed by atoms with Crippen LogP contribution in [0.25, 0.3) is 0 Å². The van der Waals surface area contributed by atoms with Crippen molar-refractivity contribution < 1.29 is 9.05 Å². The summed E-state index contributed by atoms with van der Waals surface area (Å²) in [6.45, 7) is 9.63. The zero-order chi connectivity index (χ0) is 19.1. The van der Waals surface area contributed by atoms with Gasteiger partial charge in [0.05, 0.1) is 5.69 Å². The number of piperazine rings is 1. The molecule has 0 bridgehead atoms. The Morgan fingerprint density at radius 3 is 2.70 bits per heavy atom. The summed E-state index contributed by atoms with van der Waals surface area (Å²) < 4.78 is 10.2. The molecule has 0 aromatic carbocycles. The number of guanidine groups is 1. The highest BCUT2D eigenvalue weighted by Gasteiger charge is 2.20. The summed E-state index contributed by atoms with van der Waals surface area (Å²) in [6, 6.07) is 1.92. The molecule has 0 amide bonds. The van der Waals surface area contributed by atoms with Crippen molar-refractivity contribution >= 4 is 5.96 Å². The maximum absolute atomic E-state index is 5.28. The molecule has 0 saturated carbocycles. The summed E-state index contributed by atoms with van der Waals surface area (Å²) in [5.74, 6) is 2.72. The summed E-state index contributed by atoms with van der Waals surface area (Å²) in [5.41, 5.74) is 0.979. The predicted octanol–water partition coefficient (Wildman–Crippen LogP) is 1.51. The average molecular weight is 375 g/mol. The second kappa shape index (κ2) is 9.50. The lowest BCUT2D eigenvalue weighted by atomic mass is 10.2. The number of rotatable bonds is 7. The monoisotopic (exact) mass is 375 g/mol. The second-order valence-corrected chi connectivity index (χ2v) is 7.03. The normalized spacial score (nSPS) is 16.3. The molecular weight excluding hydrogens is 346 g/mol. The number of aryl methyl sites for hydroxylation is 1. The lowest BCUT2D eigenvalue weighted by Gasteiger charge is -2.36. The van der Waals surface area contributed by atoms with E-state index < -0.39 is 0 Å². The van der Waals surface area contributed by atoms with Crippen molar-refractivity contribution in [1.82, 2.24) is 30.4 Å². The first-order valence-corrected chi connectivity index (χ1v) is 9.55. The van der Waals surface area contributed by atoms with Crippen LogP contribution < -0.4 is 5.32 Å². The highest BCUT2D eigenvalue weighted by Crippen LogP contribution is 2.10. The molecule has 1 N–H and O–H groups in total. The number of hydrogen-bond acceptors (Lipinski definition) is 7. The minimum Gasteiger partial charge on any atom is -0.364 e. The molecule has 27 heavy (non-hydrogen) atoms. The van der Waals surface area contributed by atoms with Crippen molar-refractivity contribution in [3.8, 4) is 0 Å². The molecule has 2 aromatic heterocycles. The van der Waals surface area contributed by atoms with Gasteiger partial charge in [0.25, 0.3) is 0 Å². The van der Waals surface area contributed by atoms with Crippen LogP contribution in [0.3, 0.4) is 0 Å². The van der Waals surface area contributed by atoms with E-state index >= 15 is 0 Å². The van der Waals surface area contributed by atoms with Gasteiger partial charge in [-0.1, -0.05) is 24.2 Å². The molecule has 0 spiro atoms. The molecule has 1 saturated heterocycles. The predicted molar refractivity (Wildman–Crippen MR) is 101 cm³/mol. The van der Waals surface area contributed by atoms with Crippen molar-refractivity contribution in [3.63, 3.8) is 0 Å². The van der Waals surface area contributed by atoms with E-state index in [-0.39, 0.29) is 0 Å². The van der Waals surface area contributed by atoms with Crippen molar-refractivity contribution in [1.29, 1.82) is 0 Å². The first-order valence-electron chi connectivity index (χ1n) is 9.55. The fraction of sp³-hybridized carbons (Fsp3) is 0.667. The van der Waals surface area contributed by atoms with Gasteiger partial charge in [0.2, 0.25) is 5.89 Å². The Hall–Kier alpha value is -2.42. The Balaban J connectivity index is 1.36. The van der Waals surface area contributed by atoms with Crippen LogP contribution in [0.5, 0.6) is 0 Å². The third kappa shape index (κ3) is 5.53. The standard InChI is InChI=1S/C18H29N7O2/c1-14(2)17-21-16(27-23-17)5-4-7-20-18(19-3)25-10-8-24(9-11-25)13-15-6-12-26-22-15/h6,12,14H,4-5,7-11,13H2,1-3H3,(H,19,20). The first kappa shape index (κ1) is 19.3. The van der Waals surface area contributed by atoms with Crippen molar-refractivity contribution in [2.24, 2.45) is 4.99 Å². The molecule has 0 unspecified atom stereocenters. The smallest absolute Gasteiger partial charge is 0.226 e. The topological polar surface area (TPSA) is 95.8 Å². The molecule has 9 heteroatoms. The molecule has 3 heterocycles. The molecule has 3 rings (SSSR count). The molecule has 148 valence electrons. The number of aliphatic imine (C=N–C) groups is 1. The van der Waals surface area contributed by atoms with Crippen LogP contribution in [0, 0.1) is 0 Å². The molecule has 1 aliphatic heterocycles. The minimum absolute atomic E-state index is 0.294. The Morgan fingerprint density at radius 1 is 1.26 bits per heavy atom. The summed E-state index contributed by atoms with van der Waals surface area (Å²) in [4.78, 5) is 13.5. The molecule has 0 aliphatic carbocycles. The SMILES string of the molecule is CN=C(NCCCc1nc(C(C)C)no1)N1CCN(Cc2ccon2)CC1. The van der Waals surface area contributed by atoms with Gasteiger partial charge in [0.1, 0.15) is 6.26 Å². The number of nitrogens with zero attached hydrogens (tertiary/aromatic N) is 6. The third-order valence-corrected chi connectivity index (χ3v) is 4.61. The maximum atomic E-state index is 5.28. The van der Waals surface area contributed by atoms with Crippen molar-refractivity contribution in [2.45, 2.75) is 39.2 Å². The zero-order valence-electron chi connectivity index (χ0n) is 16.4. The van der Waals surface area contributed by atoms with Crippen LogP contribution in [0.1, 0.15) is 43.6 Å². The van der Waals surface area contributed by atoms with E-state index in [1.54, 1.807) is 6.26 Å². The Labute approximate surface area is 159 Å². The summed E-state index contributed by atoms with van der Waals surface area (Å²) in [5, 5.41) is 11.4. The van der Waals surface area contributed by atoms with Gasteiger partial charge in [-0.05, 0) is 6.42 Å². The van der Waals surface area contributed by atoms with E-state index in [0.29, 0.717) is 11.8 Å². The van der Waals surface area contributed by atoms with E-state index in [9.17, 15) is 0 Å². The number of nitrogens with one attached hydrogen (secondary N) is 1. The highest BCUT2D eigenvalue weighted by atomic mass is 16.5. The number of hydrogen-bond donors (Lipinski definition) is 1. The largest absolute Gasteiger partial charge is 0.364 e. The summed E-state index contributed by atoms with van der Waals surface area (Å²) in [7, 11) is 1.83. The van der Waals surface area contributed by atoms with E-state index in [1.165, 1.54) is 0 Å². The molecule has 0 radical (unpaired) electrons. The maximum Gasteiger partial charge on any atom is 0.226 e. The molecule has 9 nitrogen and oxygen atoms in total. The van der Waals surface area contributed by atoms with Crippen molar-refractivity contribution in [3.05, 3.63) is 29.7 Å². The van der Waals surface area contributed by atoms with Crippen LogP contribution in [0.15, 0.2) is 26.4 Å². The van der Waals surface area contributed by atoms with Crippen LogP contribution in [0.2, 0.25) is 0 Å². The van der Waals surface area contributed by atoms with E-state index in [0.717, 1.165) is 69.6 Å². The first-order chi connectivity index (χ1) is 13.2. The fourth-order valence-electron chi connectivity index (χ4n) is 3.04. The minimum atomic E-state index is 0.294. The fourth-order valence-corrected chi connectivity index (χ4v) is 3.04. The van der Waals surface area contributed by atoms with Gasteiger partial charge in [0.15, 0.2) is 11.8 Å². The van der Waals surface area contributed by atoms with Crippen LogP contribution in [0.4, 0.5) is 0 Å². The highest BCUT2D eigenvalue weighted by molar-refractivity contribution is 5.79. The zero-order valence-corrected chi connectivity index (χ0v) is 16.4. The quantitative estimate of drug-likeness (QED) is 0.442. The molecular formula is C18H29N7O2. The average Bonchev–Trinajstić information content (AvgIpc) is 3.35. The van der Waals surface area contributed by atoms with E-state index in [2.05, 4.69) is 49.3 Å². The van der Waals surface area contributed by atoms with Gasteiger partial charge >= 0.3 is 0 Å². The molecule has 1 fully saturated rings. The van der Waals surface area contributed by atoms with Gasteiger partial charge in [-0.3, -0.25) is 9.89 Å². The van der Waals surface area contributed by atoms with E-state index in [1.807, 2.05) is 13.1 Å². The lowest BCUT2D eigenvalue weighted by Crippen LogP contribution is -2.52. The Bertz CT molecular complexity index is 703. The number of aromatic nitrogens is 3. The third-order valence-electron chi connectivity index (χ3n) is 4.61. The van der Waals surface area contributed by atoms with Crippen LogP contribution >= 0.6 is 0 Å². The van der Waals surface area contributed by atoms with Crippen LogP contribution in [-0.2, 0) is 13.0 Å². The summed E-state index contributed by atoms with van der Waals surface area (Å²) >= 11 is 0. The molecule has 0 atom stereocenters. The second-order valence-electron chi connectivity index (χ2n) is 7.03. The Kier molecular flexibility index (Phi) is 6.80. The summed E-state index contributed by atoms with van der Waals surface area (Å²) in [6.07, 6.45) is 3.31. The van der Waals surface area contributed by atoms with Gasteiger partial charge in [-0.2, -0.15) is 4.98 Å².